The fourth-order valence-electron chi connectivity index (χ4n) is 1.21. The molecule has 0 aliphatic rings. The Morgan fingerprint density at radius 2 is 2.20 bits per heavy atom. The minimum Gasteiger partial charge on any atom is -0.870 e. The summed E-state index contributed by atoms with van der Waals surface area (Å²) in [6.07, 6.45) is 3.04. The van der Waals surface area contributed by atoms with Crippen LogP contribution in [-0.2, 0) is 0 Å². The summed E-state index contributed by atoms with van der Waals surface area (Å²) in [5.41, 5.74) is 1.33. The Bertz CT molecular complexity index is 483. The zero-order valence-corrected chi connectivity index (χ0v) is 8.38. The van der Waals surface area contributed by atoms with Crippen LogP contribution in [0.25, 0.3) is 5.52 Å². The smallest absolute Gasteiger partial charge is 0.870 e. The van der Waals surface area contributed by atoms with Crippen LogP contribution in [-0.4, -0.2) is 31.2 Å². The Balaban J connectivity index is 0.000000980. The van der Waals surface area contributed by atoms with Crippen LogP contribution in [0.15, 0.2) is 18.5 Å². The number of carbonyl (C=O) groups is 1. The number of nitrogens with zero attached hydrogens (tertiary/aromatic N) is 3. The third kappa shape index (κ3) is 2.36. The van der Waals surface area contributed by atoms with Gasteiger partial charge in [-0.25, -0.2) is 14.3 Å². The molecule has 2 aromatic rings. The Morgan fingerprint density at radius 1 is 1.53 bits per heavy atom. The first-order chi connectivity index (χ1) is 6.18. The number of carboxylic acid groups (broad SMARTS) is 1. The molecule has 0 saturated carbocycles. The zero-order valence-electron chi connectivity index (χ0n) is 8.38. The van der Waals surface area contributed by atoms with Gasteiger partial charge in [-0.15, -0.1) is 0 Å². The third-order valence-corrected chi connectivity index (χ3v) is 1.71. The number of hydrogen-bond donors (Lipinski definition) is 1. The van der Waals surface area contributed by atoms with Crippen LogP contribution in [0, 0.1) is 6.92 Å². The first-order valence-electron chi connectivity index (χ1n) is 3.73. The van der Waals surface area contributed by atoms with Crippen LogP contribution >= 0.6 is 0 Å². The Labute approximate surface area is 97.4 Å². The van der Waals surface area contributed by atoms with Crippen molar-refractivity contribution in [1.29, 1.82) is 0 Å². The number of hydrogen-bond acceptors (Lipinski definition) is 4. The van der Waals surface area contributed by atoms with E-state index >= 15 is 0 Å². The molecule has 2 heterocycles. The SMILES string of the molecule is Cc1cc2c(C(=O)O)nccn2n1.[Li+].[OH-]. The van der Waals surface area contributed by atoms with Gasteiger partial charge in [-0.1, -0.05) is 0 Å². The number of rotatable bonds is 1. The molecular weight excluding hydrogens is 193 g/mol. The summed E-state index contributed by atoms with van der Waals surface area (Å²) < 4.78 is 1.51. The monoisotopic (exact) mass is 201 g/mol. The molecule has 15 heavy (non-hydrogen) atoms. The molecule has 6 nitrogen and oxygen atoms in total. The van der Waals surface area contributed by atoms with Gasteiger partial charge in [-0.2, -0.15) is 5.10 Å². The molecule has 0 aliphatic carbocycles. The summed E-state index contributed by atoms with van der Waals surface area (Å²) in [6, 6.07) is 1.69. The van der Waals surface area contributed by atoms with E-state index in [1.807, 2.05) is 0 Å². The number of aromatic nitrogens is 3. The third-order valence-electron chi connectivity index (χ3n) is 1.71. The van der Waals surface area contributed by atoms with Gasteiger partial charge in [0.1, 0.15) is 0 Å². The number of aryl methyl sites for hydroxylation is 1. The number of aromatic carboxylic acids is 1. The molecule has 2 N–H and O–H groups in total. The molecule has 0 radical (unpaired) electrons. The molecule has 0 atom stereocenters. The van der Waals surface area contributed by atoms with Gasteiger partial charge in [-0.05, 0) is 13.0 Å². The Hall–Kier alpha value is -1.35. The van der Waals surface area contributed by atoms with E-state index in [0.717, 1.165) is 5.69 Å². The topological polar surface area (TPSA) is 97.5 Å². The van der Waals surface area contributed by atoms with Crippen molar-refractivity contribution < 1.29 is 34.2 Å². The maximum absolute atomic E-state index is 10.7. The van der Waals surface area contributed by atoms with Gasteiger partial charge in [0.15, 0.2) is 5.69 Å². The summed E-state index contributed by atoms with van der Waals surface area (Å²) >= 11 is 0. The van der Waals surface area contributed by atoms with Gasteiger partial charge in [-0.3, -0.25) is 0 Å². The average molecular weight is 201 g/mol. The van der Waals surface area contributed by atoms with E-state index in [0.29, 0.717) is 5.52 Å². The molecule has 0 fully saturated rings. The molecule has 0 bridgehead atoms. The predicted molar refractivity (Wildman–Crippen MR) is 46.6 cm³/mol. The van der Waals surface area contributed by atoms with E-state index in [1.54, 1.807) is 19.2 Å². The van der Waals surface area contributed by atoms with Gasteiger partial charge in [0.05, 0.1) is 11.2 Å². The maximum Gasteiger partial charge on any atom is 1.00 e. The second kappa shape index (κ2) is 4.93. The second-order valence-corrected chi connectivity index (χ2v) is 2.70. The maximum atomic E-state index is 10.7. The molecule has 0 unspecified atom stereocenters. The molecule has 0 spiro atoms. The van der Waals surface area contributed by atoms with Gasteiger partial charge < -0.3 is 10.6 Å². The van der Waals surface area contributed by atoms with Crippen molar-refractivity contribution >= 4 is 11.5 Å². The van der Waals surface area contributed by atoms with Gasteiger partial charge in [0, 0.05) is 12.4 Å². The molecule has 2 aromatic heterocycles. The molecular formula is C8H8LiN3O3. The van der Waals surface area contributed by atoms with Crippen molar-refractivity contribution in [3.8, 4) is 0 Å². The summed E-state index contributed by atoms with van der Waals surface area (Å²) in [4.78, 5) is 14.5. The summed E-state index contributed by atoms with van der Waals surface area (Å²) in [6.45, 7) is 1.80. The van der Waals surface area contributed by atoms with Gasteiger partial charge in [0.2, 0.25) is 0 Å². The summed E-state index contributed by atoms with van der Waals surface area (Å²) in [5, 5.41) is 12.9. The zero-order chi connectivity index (χ0) is 9.42. The predicted octanol–water partition coefficient (Wildman–Crippen LogP) is -2.44. The van der Waals surface area contributed by atoms with E-state index in [2.05, 4.69) is 10.1 Å². The standard InChI is InChI=1S/C8H7N3O2.Li.H2O/c1-5-4-6-7(8(12)13)9-2-3-11(6)10-5;;/h2-4H,1H3,(H,12,13);;1H2/q;+1;/p-1. The fraction of sp³-hybridized carbons (Fsp3) is 0.125. The van der Waals surface area contributed by atoms with E-state index in [4.69, 9.17) is 5.11 Å². The summed E-state index contributed by atoms with van der Waals surface area (Å²) in [7, 11) is 0. The Morgan fingerprint density at radius 3 is 2.80 bits per heavy atom. The first-order valence-corrected chi connectivity index (χ1v) is 3.73. The van der Waals surface area contributed by atoms with Crippen LogP contribution in [0.3, 0.4) is 0 Å². The quantitative estimate of drug-likeness (QED) is 0.517. The van der Waals surface area contributed by atoms with E-state index in [1.165, 1.54) is 10.7 Å². The largest absolute Gasteiger partial charge is 1.00 e. The van der Waals surface area contributed by atoms with E-state index in [-0.39, 0.29) is 30.0 Å². The fourth-order valence-corrected chi connectivity index (χ4v) is 1.21. The molecule has 0 aliphatic heterocycles. The van der Waals surface area contributed by atoms with Crippen molar-refractivity contribution in [2.24, 2.45) is 0 Å². The van der Waals surface area contributed by atoms with Crippen LogP contribution in [0.1, 0.15) is 16.2 Å². The van der Waals surface area contributed by atoms with Crippen LogP contribution in [0.2, 0.25) is 0 Å². The second-order valence-electron chi connectivity index (χ2n) is 2.70. The van der Waals surface area contributed by atoms with E-state index in [9.17, 15) is 4.79 Å². The van der Waals surface area contributed by atoms with Crippen LogP contribution in [0.5, 0.6) is 0 Å². The molecule has 7 heteroatoms. The van der Waals surface area contributed by atoms with Crippen LogP contribution in [0.4, 0.5) is 0 Å². The van der Waals surface area contributed by atoms with Crippen molar-refractivity contribution in [2.75, 3.05) is 0 Å². The van der Waals surface area contributed by atoms with Crippen molar-refractivity contribution in [3.63, 3.8) is 0 Å². The Kier molecular flexibility index (Phi) is 4.49. The van der Waals surface area contributed by atoms with Crippen molar-refractivity contribution in [3.05, 3.63) is 29.8 Å². The number of fused-ring (bicyclic) bond motifs is 1. The van der Waals surface area contributed by atoms with Crippen molar-refractivity contribution in [2.45, 2.75) is 6.92 Å². The number of carboxylic acids is 1. The molecule has 2 rings (SSSR count). The van der Waals surface area contributed by atoms with Crippen molar-refractivity contribution in [1.82, 2.24) is 14.6 Å². The van der Waals surface area contributed by atoms with Crippen LogP contribution < -0.4 is 18.9 Å². The molecule has 74 valence electrons. The minimum atomic E-state index is -1.04. The normalized spacial score (nSPS) is 9.13. The van der Waals surface area contributed by atoms with E-state index < -0.39 is 5.97 Å². The van der Waals surface area contributed by atoms with Gasteiger partial charge in [0.25, 0.3) is 0 Å². The average Bonchev–Trinajstić information content (AvgIpc) is 2.43. The summed E-state index contributed by atoms with van der Waals surface area (Å²) in [5.74, 6) is -1.04. The molecule has 0 saturated heterocycles. The molecule has 0 amide bonds. The molecule has 0 aromatic carbocycles. The minimum absolute atomic E-state index is 0. The first kappa shape index (κ1) is 13.6. The van der Waals surface area contributed by atoms with Gasteiger partial charge >= 0.3 is 24.8 Å².